The van der Waals surface area contributed by atoms with Gasteiger partial charge in [0.15, 0.2) is 6.61 Å². The maximum Gasteiger partial charge on any atom is 0.344 e. The highest BCUT2D eigenvalue weighted by atomic mass is 35.5. The highest BCUT2D eigenvalue weighted by Crippen LogP contribution is 2.31. The van der Waals surface area contributed by atoms with Crippen LogP contribution in [-0.2, 0) is 9.53 Å². The van der Waals surface area contributed by atoms with E-state index in [1.54, 1.807) is 31.2 Å². The van der Waals surface area contributed by atoms with E-state index in [4.69, 9.17) is 32.7 Å². The Kier molecular flexibility index (Phi) is 4.92. The van der Waals surface area contributed by atoms with Crippen molar-refractivity contribution in [3.05, 3.63) is 46.4 Å². The summed E-state index contributed by atoms with van der Waals surface area (Å²) in [5.74, 6) is 0.615. The number of esters is 1. The van der Waals surface area contributed by atoms with Crippen molar-refractivity contribution in [2.45, 2.75) is 6.92 Å². The van der Waals surface area contributed by atoms with Crippen LogP contribution in [0.3, 0.4) is 0 Å². The predicted molar refractivity (Wildman–Crippen MR) is 93.7 cm³/mol. The van der Waals surface area contributed by atoms with E-state index >= 15 is 0 Å². The summed E-state index contributed by atoms with van der Waals surface area (Å²) in [5.41, 5.74) is 2.33. The molecule has 0 fully saturated rings. The number of nitrogens with zero attached hydrogens (tertiary/aromatic N) is 1. The molecule has 0 aliphatic carbocycles. The van der Waals surface area contributed by atoms with Gasteiger partial charge in [-0.1, -0.05) is 29.3 Å². The molecule has 0 spiro atoms. The van der Waals surface area contributed by atoms with Gasteiger partial charge in [-0.2, -0.15) is 0 Å². The first-order valence-corrected chi connectivity index (χ1v) is 8.06. The van der Waals surface area contributed by atoms with Crippen LogP contribution < -0.4 is 4.74 Å². The number of aromatic amines is 1. The second kappa shape index (κ2) is 7.11. The van der Waals surface area contributed by atoms with E-state index in [0.717, 1.165) is 11.1 Å². The Morgan fingerprint density at radius 2 is 2.04 bits per heavy atom. The van der Waals surface area contributed by atoms with E-state index in [9.17, 15) is 4.79 Å². The molecule has 0 saturated carbocycles. The predicted octanol–water partition coefficient (Wildman–Crippen LogP) is 4.48. The van der Waals surface area contributed by atoms with Crippen molar-refractivity contribution in [1.82, 2.24) is 9.97 Å². The Hall–Kier alpha value is -2.24. The number of halogens is 2. The van der Waals surface area contributed by atoms with Crippen molar-refractivity contribution in [2.24, 2.45) is 0 Å². The maximum atomic E-state index is 11.3. The zero-order valence-electron chi connectivity index (χ0n) is 12.8. The van der Waals surface area contributed by atoms with Gasteiger partial charge in [-0.05, 0) is 37.3 Å². The number of hydrogen-bond acceptors (Lipinski definition) is 4. The molecule has 7 heteroatoms. The number of rotatable bonds is 5. The molecule has 3 aromatic rings. The van der Waals surface area contributed by atoms with Gasteiger partial charge in [0.05, 0.1) is 22.2 Å². The Balaban J connectivity index is 1.83. The lowest BCUT2D eigenvalue weighted by atomic mass is 10.2. The van der Waals surface area contributed by atoms with Crippen LogP contribution in [0, 0.1) is 0 Å². The molecule has 0 saturated heterocycles. The van der Waals surface area contributed by atoms with Gasteiger partial charge in [0.2, 0.25) is 0 Å². The minimum absolute atomic E-state index is 0.187. The topological polar surface area (TPSA) is 64.2 Å². The summed E-state index contributed by atoms with van der Waals surface area (Å²) in [4.78, 5) is 19.0. The van der Waals surface area contributed by atoms with Crippen LogP contribution in [0.15, 0.2) is 36.4 Å². The largest absolute Gasteiger partial charge is 0.480 e. The van der Waals surface area contributed by atoms with Gasteiger partial charge in [0, 0.05) is 5.56 Å². The third kappa shape index (κ3) is 3.47. The minimum atomic E-state index is -0.440. The molecule has 0 unspecified atom stereocenters. The van der Waals surface area contributed by atoms with Gasteiger partial charge in [0.25, 0.3) is 0 Å². The average molecular weight is 365 g/mol. The van der Waals surface area contributed by atoms with E-state index in [1.807, 2.05) is 12.1 Å². The highest BCUT2D eigenvalue weighted by molar-refractivity contribution is 6.35. The van der Waals surface area contributed by atoms with Crippen LogP contribution in [-0.4, -0.2) is 29.2 Å². The van der Waals surface area contributed by atoms with Gasteiger partial charge < -0.3 is 14.5 Å². The van der Waals surface area contributed by atoms with Gasteiger partial charge in [-0.15, -0.1) is 0 Å². The molecular weight excluding hydrogens is 351 g/mol. The average Bonchev–Trinajstić information content (AvgIpc) is 2.99. The first-order chi connectivity index (χ1) is 11.6. The van der Waals surface area contributed by atoms with E-state index in [-0.39, 0.29) is 6.61 Å². The third-order valence-corrected chi connectivity index (χ3v) is 3.92. The summed E-state index contributed by atoms with van der Waals surface area (Å²) in [6.45, 7) is 1.86. The molecule has 5 nitrogen and oxygen atoms in total. The van der Waals surface area contributed by atoms with E-state index in [2.05, 4.69) is 9.97 Å². The summed E-state index contributed by atoms with van der Waals surface area (Å²) < 4.78 is 10.2. The fraction of sp³-hybridized carbons (Fsp3) is 0.176. The lowest BCUT2D eigenvalue weighted by Gasteiger charge is -2.08. The molecule has 0 amide bonds. The lowest BCUT2D eigenvalue weighted by Crippen LogP contribution is -2.14. The molecule has 24 heavy (non-hydrogen) atoms. The molecule has 1 heterocycles. The molecule has 0 aliphatic heterocycles. The summed E-state index contributed by atoms with van der Waals surface area (Å²) in [6.07, 6.45) is 0. The monoisotopic (exact) mass is 364 g/mol. The lowest BCUT2D eigenvalue weighted by molar-refractivity contribution is -0.145. The van der Waals surface area contributed by atoms with Crippen LogP contribution in [0.4, 0.5) is 0 Å². The molecule has 3 rings (SSSR count). The number of ether oxygens (including phenoxy) is 2. The summed E-state index contributed by atoms with van der Waals surface area (Å²) in [5, 5.41) is 0.957. The van der Waals surface area contributed by atoms with E-state index < -0.39 is 5.97 Å². The molecule has 0 radical (unpaired) electrons. The minimum Gasteiger partial charge on any atom is -0.480 e. The number of benzene rings is 2. The first kappa shape index (κ1) is 16.6. The van der Waals surface area contributed by atoms with Gasteiger partial charge in [-0.25, -0.2) is 9.78 Å². The van der Waals surface area contributed by atoms with Crippen molar-refractivity contribution in [1.29, 1.82) is 0 Å². The normalized spacial score (nSPS) is 10.8. The fourth-order valence-electron chi connectivity index (χ4n) is 2.24. The number of nitrogens with one attached hydrogen (secondary N) is 1. The van der Waals surface area contributed by atoms with Gasteiger partial charge in [-0.3, -0.25) is 0 Å². The molecule has 1 N–H and O–H groups in total. The van der Waals surface area contributed by atoms with Crippen molar-refractivity contribution >= 4 is 40.2 Å². The number of aromatic nitrogens is 2. The van der Waals surface area contributed by atoms with Crippen LogP contribution in [0.1, 0.15) is 6.92 Å². The molecule has 1 aromatic heterocycles. The summed E-state index contributed by atoms with van der Waals surface area (Å²) >= 11 is 12.4. The van der Waals surface area contributed by atoms with Gasteiger partial charge >= 0.3 is 5.97 Å². The van der Waals surface area contributed by atoms with E-state index in [1.165, 1.54) is 0 Å². The van der Waals surface area contributed by atoms with Crippen LogP contribution in [0.5, 0.6) is 5.75 Å². The molecule has 0 aliphatic rings. The standard InChI is InChI=1S/C17H14Cl2N2O3/c1-2-23-15(22)9-24-14-7-6-10(8-12(14)19)17-20-13-5-3-4-11(18)16(13)21-17/h3-8H,2,9H2,1H3,(H,20,21). The smallest absolute Gasteiger partial charge is 0.344 e. The van der Waals surface area contributed by atoms with E-state index in [0.29, 0.717) is 33.7 Å². The number of imidazole rings is 1. The molecule has 0 atom stereocenters. The Bertz CT molecular complexity index is 893. The quantitative estimate of drug-likeness (QED) is 0.677. The number of para-hydroxylation sites is 1. The van der Waals surface area contributed by atoms with Gasteiger partial charge in [0.1, 0.15) is 17.1 Å². The number of hydrogen-bond donors (Lipinski definition) is 1. The van der Waals surface area contributed by atoms with Crippen LogP contribution in [0.25, 0.3) is 22.4 Å². The van der Waals surface area contributed by atoms with Crippen molar-refractivity contribution < 1.29 is 14.3 Å². The van der Waals surface area contributed by atoms with Crippen molar-refractivity contribution in [3.8, 4) is 17.1 Å². The highest BCUT2D eigenvalue weighted by Gasteiger charge is 2.11. The van der Waals surface area contributed by atoms with Crippen LogP contribution >= 0.6 is 23.2 Å². The summed E-state index contributed by atoms with van der Waals surface area (Å²) in [7, 11) is 0. The molecular formula is C17H14Cl2N2O3. The number of fused-ring (bicyclic) bond motifs is 1. The van der Waals surface area contributed by atoms with Crippen LogP contribution in [0.2, 0.25) is 10.0 Å². The zero-order chi connectivity index (χ0) is 17.1. The Labute approximate surface area is 148 Å². The number of H-pyrrole nitrogens is 1. The SMILES string of the molecule is CCOC(=O)COc1ccc(-c2nc3c(Cl)cccc3[nH]2)cc1Cl. The summed E-state index contributed by atoms with van der Waals surface area (Å²) in [6, 6.07) is 10.7. The second-order valence-corrected chi connectivity index (χ2v) is 5.77. The zero-order valence-corrected chi connectivity index (χ0v) is 14.3. The fourth-order valence-corrected chi connectivity index (χ4v) is 2.69. The Morgan fingerprint density at radius 3 is 2.75 bits per heavy atom. The molecule has 2 aromatic carbocycles. The number of carbonyl (C=O) groups is 1. The second-order valence-electron chi connectivity index (χ2n) is 4.96. The van der Waals surface area contributed by atoms with Crippen molar-refractivity contribution in [2.75, 3.05) is 13.2 Å². The number of carbonyl (C=O) groups excluding carboxylic acids is 1. The van der Waals surface area contributed by atoms with Crippen molar-refractivity contribution in [3.63, 3.8) is 0 Å². The Morgan fingerprint density at radius 1 is 1.21 bits per heavy atom. The molecule has 124 valence electrons. The first-order valence-electron chi connectivity index (χ1n) is 7.31. The molecule has 0 bridgehead atoms. The third-order valence-electron chi connectivity index (χ3n) is 3.32. The maximum absolute atomic E-state index is 11.3.